The monoisotopic (exact) mass is 593 g/mol. The van der Waals surface area contributed by atoms with E-state index in [9.17, 15) is 19.5 Å². The van der Waals surface area contributed by atoms with Crippen molar-refractivity contribution in [2.75, 3.05) is 23.8 Å². The molecule has 8 nitrogen and oxygen atoms in total. The lowest BCUT2D eigenvalue weighted by Crippen LogP contribution is -2.56. The summed E-state index contributed by atoms with van der Waals surface area (Å²) in [4.78, 5) is 44.5. The minimum atomic E-state index is -0.809. The summed E-state index contributed by atoms with van der Waals surface area (Å²) < 4.78 is 4.27. The number of aryl methyl sites for hydroxylation is 2. The fourth-order valence-electron chi connectivity index (χ4n) is 7.33. The summed E-state index contributed by atoms with van der Waals surface area (Å²) >= 11 is 1.63. The van der Waals surface area contributed by atoms with Gasteiger partial charge in [-0.05, 0) is 87.9 Å². The summed E-state index contributed by atoms with van der Waals surface area (Å²) in [7, 11) is 0. The van der Waals surface area contributed by atoms with Crippen LogP contribution in [0.25, 0.3) is 0 Å². The lowest BCUT2D eigenvalue weighted by Gasteiger charge is -2.39. The number of fused-ring (bicyclic) bond motifs is 1. The highest BCUT2D eigenvalue weighted by atomic mass is 32.2. The SMILES string of the molecule is CCOc1ccc(NC(=O)[C@H]2[C@H]3C(=O)N([C@@H](CO)[C@@H](C)CC)C(C(=O)Nc4cc(C)ccc4C)C34CC[C@]2(C)S4)cc1. The van der Waals surface area contributed by atoms with Gasteiger partial charge in [-0.1, -0.05) is 32.4 Å². The first-order valence-corrected chi connectivity index (χ1v) is 15.9. The second kappa shape index (κ2) is 11.6. The van der Waals surface area contributed by atoms with Crippen LogP contribution in [0.2, 0.25) is 0 Å². The number of benzene rings is 2. The highest BCUT2D eigenvalue weighted by Crippen LogP contribution is 2.71. The van der Waals surface area contributed by atoms with Gasteiger partial charge in [0.25, 0.3) is 0 Å². The second-order valence-electron chi connectivity index (χ2n) is 12.4. The van der Waals surface area contributed by atoms with Crippen LogP contribution in [0.4, 0.5) is 11.4 Å². The molecule has 0 aromatic heterocycles. The van der Waals surface area contributed by atoms with E-state index in [-0.39, 0.29) is 30.2 Å². The van der Waals surface area contributed by atoms with Gasteiger partial charge in [0.05, 0.1) is 35.8 Å². The molecule has 3 aliphatic heterocycles. The molecule has 1 spiro atoms. The van der Waals surface area contributed by atoms with Crippen molar-refractivity contribution in [3.8, 4) is 5.75 Å². The molecule has 3 fully saturated rings. The number of anilines is 2. The first kappa shape index (κ1) is 30.4. The molecule has 2 aromatic carbocycles. The van der Waals surface area contributed by atoms with E-state index in [1.807, 2.05) is 65.0 Å². The maximum atomic E-state index is 14.5. The summed E-state index contributed by atoms with van der Waals surface area (Å²) in [5, 5.41) is 16.8. The number of carbonyl (C=O) groups excluding carboxylic acids is 3. The highest BCUT2D eigenvalue weighted by Gasteiger charge is 2.77. The number of ether oxygens (including phenoxy) is 1. The Morgan fingerprint density at radius 3 is 2.45 bits per heavy atom. The summed E-state index contributed by atoms with van der Waals surface area (Å²) in [5.41, 5.74) is 3.30. The number of aliphatic hydroxyl groups is 1. The van der Waals surface area contributed by atoms with E-state index in [0.29, 0.717) is 24.4 Å². The molecule has 3 heterocycles. The quantitative estimate of drug-likeness (QED) is 0.351. The van der Waals surface area contributed by atoms with Crippen LogP contribution in [0, 0.1) is 31.6 Å². The smallest absolute Gasteiger partial charge is 0.248 e. The molecule has 0 aliphatic carbocycles. The second-order valence-corrected chi connectivity index (χ2v) is 14.3. The lowest BCUT2D eigenvalue weighted by atomic mass is 9.66. The third-order valence-corrected chi connectivity index (χ3v) is 11.7. The van der Waals surface area contributed by atoms with Crippen molar-refractivity contribution < 1.29 is 24.2 Å². The molecule has 3 N–H and O–H groups in total. The molecule has 3 aliphatic rings. The Hall–Kier alpha value is -3.04. The van der Waals surface area contributed by atoms with Crippen LogP contribution in [0.1, 0.15) is 58.1 Å². The molecule has 5 rings (SSSR count). The number of nitrogens with zero attached hydrogens (tertiary/aromatic N) is 1. The van der Waals surface area contributed by atoms with Crippen molar-refractivity contribution in [1.82, 2.24) is 4.90 Å². The summed E-state index contributed by atoms with van der Waals surface area (Å²) in [5.74, 6) is -1.28. The predicted molar refractivity (Wildman–Crippen MR) is 167 cm³/mol. The van der Waals surface area contributed by atoms with Gasteiger partial charge in [-0.3, -0.25) is 14.4 Å². The van der Waals surface area contributed by atoms with Gasteiger partial charge in [0.1, 0.15) is 11.8 Å². The van der Waals surface area contributed by atoms with E-state index in [1.54, 1.807) is 28.8 Å². The molecule has 2 bridgehead atoms. The number of carbonyl (C=O) groups is 3. The normalized spacial score (nSPS) is 29.3. The minimum Gasteiger partial charge on any atom is -0.494 e. The molecule has 9 heteroatoms. The Morgan fingerprint density at radius 1 is 1.10 bits per heavy atom. The van der Waals surface area contributed by atoms with Crippen molar-refractivity contribution in [2.24, 2.45) is 17.8 Å². The van der Waals surface area contributed by atoms with Crippen molar-refractivity contribution in [2.45, 2.75) is 82.4 Å². The minimum absolute atomic E-state index is 0.0286. The van der Waals surface area contributed by atoms with Crippen molar-refractivity contribution in [3.05, 3.63) is 53.6 Å². The van der Waals surface area contributed by atoms with Crippen molar-refractivity contribution in [1.29, 1.82) is 0 Å². The van der Waals surface area contributed by atoms with E-state index in [1.165, 1.54) is 0 Å². The van der Waals surface area contributed by atoms with E-state index in [0.717, 1.165) is 29.7 Å². The van der Waals surface area contributed by atoms with Crippen LogP contribution in [0.15, 0.2) is 42.5 Å². The first-order valence-electron chi connectivity index (χ1n) is 15.0. The molecule has 2 unspecified atom stereocenters. The maximum absolute atomic E-state index is 14.5. The predicted octanol–water partition coefficient (Wildman–Crippen LogP) is 5.17. The van der Waals surface area contributed by atoms with Gasteiger partial charge in [0.2, 0.25) is 17.7 Å². The van der Waals surface area contributed by atoms with E-state index < -0.39 is 33.4 Å². The Balaban J connectivity index is 1.52. The Kier molecular flexibility index (Phi) is 8.38. The van der Waals surface area contributed by atoms with Gasteiger partial charge in [-0.15, -0.1) is 11.8 Å². The maximum Gasteiger partial charge on any atom is 0.248 e. The van der Waals surface area contributed by atoms with Gasteiger partial charge in [-0.2, -0.15) is 0 Å². The summed E-state index contributed by atoms with van der Waals surface area (Å²) in [6, 6.07) is 11.8. The van der Waals surface area contributed by atoms with E-state index in [2.05, 4.69) is 17.6 Å². The van der Waals surface area contributed by atoms with Crippen LogP contribution in [0.5, 0.6) is 5.75 Å². The third kappa shape index (κ3) is 4.98. The lowest BCUT2D eigenvalue weighted by molar-refractivity contribution is -0.142. The molecular weight excluding hydrogens is 550 g/mol. The Labute approximate surface area is 253 Å². The van der Waals surface area contributed by atoms with Gasteiger partial charge < -0.3 is 25.4 Å². The number of thioether (sulfide) groups is 1. The Morgan fingerprint density at radius 2 is 1.81 bits per heavy atom. The van der Waals surface area contributed by atoms with Crippen LogP contribution >= 0.6 is 11.8 Å². The zero-order valence-corrected chi connectivity index (χ0v) is 26.2. The fourth-order valence-corrected chi connectivity index (χ4v) is 9.67. The fraction of sp³-hybridized carbons (Fsp3) is 0.545. The topological polar surface area (TPSA) is 108 Å². The van der Waals surface area contributed by atoms with Crippen LogP contribution < -0.4 is 15.4 Å². The van der Waals surface area contributed by atoms with Crippen molar-refractivity contribution >= 4 is 40.9 Å². The van der Waals surface area contributed by atoms with E-state index in [4.69, 9.17) is 4.74 Å². The third-order valence-electron chi connectivity index (χ3n) is 9.67. The van der Waals surface area contributed by atoms with Gasteiger partial charge >= 0.3 is 0 Å². The van der Waals surface area contributed by atoms with Crippen LogP contribution in [-0.2, 0) is 14.4 Å². The highest BCUT2D eigenvalue weighted by molar-refractivity contribution is 8.02. The molecule has 226 valence electrons. The number of aliphatic hydroxyl groups excluding tert-OH is 1. The largest absolute Gasteiger partial charge is 0.494 e. The van der Waals surface area contributed by atoms with Crippen molar-refractivity contribution in [3.63, 3.8) is 0 Å². The number of amides is 3. The standard InChI is InChI=1S/C33H43N3O5S/c1-7-20(4)25(18-37)36-28(30(39)35-24-17-19(3)9-10-21(24)5)33-16-15-32(6,42-33)26(27(33)31(36)40)29(38)34-22-11-13-23(14-12-22)41-8-2/h9-14,17,20,25-28,37H,7-8,15-16,18H2,1-6H3,(H,34,38)(H,35,39)/t20-,25-,26+,27-,28?,32-,33?/m0/s1. The average molecular weight is 594 g/mol. The summed E-state index contributed by atoms with van der Waals surface area (Å²) in [6.45, 7) is 12.2. The van der Waals surface area contributed by atoms with Gasteiger partial charge in [0.15, 0.2) is 0 Å². The molecule has 7 atom stereocenters. The molecule has 3 amide bonds. The molecule has 0 radical (unpaired) electrons. The van der Waals surface area contributed by atoms with Crippen LogP contribution in [0.3, 0.4) is 0 Å². The number of hydrogen-bond acceptors (Lipinski definition) is 6. The van der Waals surface area contributed by atoms with E-state index >= 15 is 0 Å². The first-order chi connectivity index (χ1) is 20.0. The van der Waals surface area contributed by atoms with Gasteiger partial charge in [0, 0.05) is 16.1 Å². The molecular formula is C33H43N3O5S. The zero-order chi connectivity index (χ0) is 30.4. The Bertz CT molecular complexity index is 1370. The average Bonchev–Trinajstić information content (AvgIpc) is 3.53. The molecule has 42 heavy (non-hydrogen) atoms. The molecule has 3 saturated heterocycles. The zero-order valence-electron chi connectivity index (χ0n) is 25.4. The number of hydrogen-bond donors (Lipinski definition) is 3. The number of nitrogens with one attached hydrogen (secondary N) is 2. The molecule has 2 aromatic rings. The number of rotatable bonds is 10. The summed E-state index contributed by atoms with van der Waals surface area (Å²) in [6.07, 6.45) is 2.11. The van der Waals surface area contributed by atoms with Crippen LogP contribution in [-0.4, -0.2) is 62.5 Å². The van der Waals surface area contributed by atoms with Gasteiger partial charge in [-0.25, -0.2) is 0 Å². The molecule has 0 saturated carbocycles. The number of likely N-dealkylation sites (tertiary alicyclic amines) is 1.